The second-order valence-corrected chi connectivity index (χ2v) is 10.9. The zero-order valence-electron chi connectivity index (χ0n) is 22.6. The van der Waals surface area contributed by atoms with E-state index < -0.39 is 6.04 Å². The molecule has 3 aromatic carbocycles. The lowest BCUT2D eigenvalue weighted by Gasteiger charge is -2.30. The summed E-state index contributed by atoms with van der Waals surface area (Å²) in [5.74, 6) is 0.571. The van der Waals surface area contributed by atoms with E-state index in [0.29, 0.717) is 33.3 Å². The van der Waals surface area contributed by atoms with Crippen LogP contribution in [-0.2, 0) is 0 Å². The molecule has 1 atom stereocenters. The topological polar surface area (TPSA) is 51.5 Å². The monoisotopic (exact) mass is 560 g/mol. The summed E-state index contributed by atoms with van der Waals surface area (Å²) in [6.07, 6.45) is 0.401. The number of anilines is 1. The maximum Gasteiger partial charge on any atom is 0.261 e. The summed E-state index contributed by atoms with van der Waals surface area (Å²) >= 11 is 12.7. The van der Waals surface area contributed by atoms with E-state index >= 15 is 0 Å². The minimum absolute atomic E-state index is 0.00185. The van der Waals surface area contributed by atoms with Crippen molar-refractivity contribution >= 4 is 40.6 Å². The number of carbonyl (C=O) groups is 2. The average Bonchev–Trinajstić information content (AvgIpc) is 3.45. The maximum atomic E-state index is 14.3. The first-order valence-corrected chi connectivity index (χ1v) is 13.7. The number of hydrogen-bond acceptors (Lipinski definition) is 3. The number of methoxy groups -OCH3 is 1. The zero-order valence-corrected chi connectivity index (χ0v) is 24.1. The van der Waals surface area contributed by atoms with Crippen LogP contribution in [0.3, 0.4) is 0 Å². The molecule has 1 amide bonds. The highest BCUT2D eigenvalue weighted by Gasteiger charge is 2.44. The number of amides is 1. The number of aromatic nitrogens is 1. The standard InChI is InChI=1S/C32H30Cl2N2O3/c1-6-28(37)21-10-14-29(39-5)24(15-21)27-17-25-31(35(27)18(2)3)30(20-8-12-22(33)13-9-20)36(32(25)38)26-16-23(34)11-7-19(26)4/h7-18,30H,6H2,1-5H3/t30-/m1/s1. The molecular formula is C32H30Cl2N2O3. The van der Waals surface area contributed by atoms with Gasteiger partial charge in [-0.2, -0.15) is 0 Å². The van der Waals surface area contributed by atoms with Gasteiger partial charge in [-0.25, -0.2) is 0 Å². The molecule has 0 saturated carbocycles. The Morgan fingerprint density at radius 1 is 0.949 bits per heavy atom. The Balaban J connectivity index is 1.80. The molecule has 1 aliphatic rings. The lowest BCUT2D eigenvalue weighted by Crippen LogP contribution is -2.30. The van der Waals surface area contributed by atoms with Gasteiger partial charge < -0.3 is 9.30 Å². The SMILES string of the molecule is CCC(=O)c1ccc(OC)c(-c2cc3c(n2C(C)C)[C@@H](c2ccc(Cl)cc2)N(c2cc(Cl)ccc2C)C3=O)c1. The van der Waals surface area contributed by atoms with Crippen molar-refractivity contribution in [2.24, 2.45) is 0 Å². The summed E-state index contributed by atoms with van der Waals surface area (Å²) in [6.45, 7) is 8.01. The number of ether oxygens (including phenoxy) is 1. The van der Waals surface area contributed by atoms with E-state index in [1.165, 1.54) is 0 Å². The lowest BCUT2D eigenvalue weighted by molar-refractivity contribution is 0.0982. The van der Waals surface area contributed by atoms with E-state index in [1.807, 2.05) is 79.4 Å². The van der Waals surface area contributed by atoms with E-state index in [1.54, 1.807) is 13.2 Å². The van der Waals surface area contributed by atoms with E-state index in [9.17, 15) is 9.59 Å². The van der Waals surface area contributed by atoms with Gasteiger partial charge in [-0.05, 0) is 80.4 Å². The first kappa shape index (κ1) is 27.0. The fourth-order valence-corrected chi connectivity index (χ4v) is 5.74. The first-order chi connectivity index (χ1) is 18.7. The van der Waals surface area contributed by atoms with Gasteiger partial charge in [-0.15, -0.1) is 0 Å². The predicted octanol–water partition coefficient (Wildman–Crippen LogP) is 8.70. The number of carbonyl (C=O) groups excluding carboxylic acids is 2. The van der Waals surface area contributed by atoms with Crippen LogP contribution in [0.2, 0.25) is 10.0 Å². The Kier molecular flexibility index (Phi) is 7.32. The average molecular weight is 562 g/mol. The second-order valence-electron chi connectivity index (χ2n) is 10.0. The van der Waals surface area contributed by atoms with E-state index in [0.717, 1.165) is 33.8 Å². The van der Waals surface area contributed by atoms with Crippen molar-refractivity contribution in [1.82, 2.24) is 4.57 Å². The van der Waals surface area contributed by atoms with Crippen LogP contribution in [0.5, 0.6) is 5.75 Å². The third-order valence-electron chi connectivity index (χ3n) is 7.29. The fraction of sp³-hybridized carbons (Fsp3) is 0.250. The summed E-state index contributed by atoms with van der Waals surface area (Å²) in [7, 11) is 1.61. The van der Waals surface area contributed by atoms with Gasteiger partial charge in [0.2, 0.25) is 0 Å². The highest BCUT2D eigenvalue weighted by Crippen LogP contribution is 2.48. The molecule has 1 aromatic heterocycles. The molecule has 5 nitrogen and oxygen atoms in total. The molecule has 0 N–H and O–H groups in total. The molecule has 7 heteroatoms. The molecule has 4 aromatic rings. The van der Waals surface area contributed by atoms with Crippen LogP contribution in [0.25, 0.3) is 11.3 Å². The van der Waals surface area contributed by atoms with Crippen molar-refractivity contribution < 1.29 is 14.3 Å². The van der Waals surface area contributed by atoms with Crippen molar-refractivity contribution in [3.8, 4) is 17.0 Å². The number of fused-ring (bicyclic) bond motifs is 1. The number of halogens is 2. The van der Waals surface area contributed by atoms with E-state index in [4.69, 9.17) is 27.9 Å². The molecule has 1 aliphatic heterocycles. The Labute approximate surface area is 238 Å². The molecule has 0 aliphatic carbocycles. The molecule has 39 heavy (non-hydrogen) atoms. The zero-order chi connectivity index (χ0) is 28.0. The third kappa shape index (κ3) is 4.64. The Morgan fingerprint density at radius 2 is 1.64 bits per heavy atom. The van der Waals surface area contributed by atoms with Crippen LogP contribution in [0, 0.1) is 6.92 Å². The van der Waals surface area contributed by atoms with Crippen molar-refractivity contribution in [2.75, 3.05) is 12.0 Å². The number of ketones is 1. The Hall–Kier alpha value is -3.54. The van der Waals surface area contributed by atoms with Crippen molar-refractivity contribution in [2.45, 2.75) is 46.2 Å². The minimum Gasteiger partial charge on any atom is -0.496 e. The normalized spacial score (nSPS) is 14.7. The van der Waals surface area contributed by atoms with Gasteiger partial charge in [0.05, 0.1) is 24.1 Å². The van der Waals surface area contributed by atoms with Crippen molar-refractivity contribution in [1.29, 1.82) is 0 Å². The Morgan fingerprint density at radius 3 is 2.28 bits per heavy atom. The van der Waals surface area contributed by atoms with Gasteiger partial charge in [0.1, 0.15) is 11.8 Å². The maximum absolute atomic E-state index is 14.3. The number of Topliss-reactive ketones (excluding diaryl/α,β-unsaturated/α-hetero) is 1. The van der Waals surface area contributed by atoms with E-state index in [-0.39, 0.29) is 17.7 Å². The summed E-state index contributed by atoms with van der Waals surface area (Å²) < 4.78 is 7.91. The van der Waals surface area contributed by atoms with Crippen LogP contribution in [0.15, 0.2) is 66.7 Å². The molecule has 0 radical (unpaired) electrons. The van der Waals surface area contributed by atoms with Crippen LogP contribution >= 0.6 is 23.2 Å². The molecule has 5 rings (SSSR count). The number of nitrogens with zero attached hydrogens (tertiary/aromatic N) is 2. The number of benzene rings is 3. The van der Waals surface area contributed by atoms with Crippen molar-refractivity contribution in [3.05, 3.63) is 105 Å². The number of rotatable bonds is 7. The van der Waals surface area contributed by atoms with Crippen LogP contribution < -0.4 is 9.64 Å². The summed E-state index contributed by atoms with van der Waals surface area (Å²) in [5.41, 5.74) is 6.32. The largest absolute Gasteiger partial charge is 0.496 e. The van der Waals surface area contributed by atoms with Crippen LogP contribution in [0.4, 0.5) is 5.69 Å². The second kappa shape index (κ2) is 10.6. The van der Waals surface area contributed by atoms with Gasteiger partial charge in [0.25, 0.3) is 5.91 Å². The molecule has 0 fully saturated rings. The van der Waals surface area contributed by atoms with Gasteiger partial charge in [0, 0.05) is 39.3 Å². The van der Waals surface area contributed by atoms with Crippen LogP contribution in [-0.4, -0.2) is 23.4 Å². The molecule has 0 unspecified atom stereocenters. The van der Waals surface area contributed by atoms with Crippen LogP contribution in [0.1, 0.15) is 76.8 Å². The minimum atomic E-state index is -0.412. The lowest BCUT2D eigenvalue weighted by atomic mass is 10.0. The van der Waals surface area contributed by atoms with Crippen molar-refractivity contribution in [3.63, 3.8) is 0 Å². The highest BCUT2D eigenvalue weighted by molar-refractivity contribution is 6.31. The van der Waals surface area contributed by atoms with Gasteiger partial charge in [-0.3, -0.25) is 14.5 Å². The number of hydrogen-bond donors (Lipinski definition) is 0. The molecule has 0 bridgehead atoms. The number of aryl methyl sites for hydroxylation is 1. The highest BCUT2D eigenvalue weighted by atomic mass is 35.5. The summed E-state index contributed by atoms with van der Waals surface area (Å²) in [5, 5.41) is 1.18. The molecular weight excluding hydrogens is 531 g/mol. The predicted molar refractivity (Wildman–Crippen MR) is 158 cm³/mol. The molecule has 2 heterocycles. The summed E-state index contributed by atoms with van der Waals surface area (Å²) in [4.78, 5) is 28.7. The molecule has 0 saturated heterocycles. The Bertz CT molecular complexity index is 1590. The molecule has 0 spiro atoms. The third-order valence-corrected chi connectivity index (χ3v) is 7.78. The van der Waals surface area contributed by atoms with Gasteiger partial charge in [-0.1, -0.05) is 48.3 Å². The molecule has 200 valence electrons. The van der Waals surface area contributed by atoms with E-state index in [2.05, 4.69) is 18.4 Å². The van der Waals surface area contributed by atoms with Gasteiger partial charge in [0.15, 0.2) is 5.78 Å². The smallest absolute Gasteiger partial charge is 0.261 e. The first-order valence-electron chi connectivity index (χ1n) is 13.0. The quantitative estimate of drug-likeness (QED) is 0.212. The fourth-order valence-electron chi connectivity index (χ4n) is 5.45. The van der Waals surface area contributed by atoms with Gasteiger partial charge >= 0.3 is 0 Å². The summed E-state index contributed by atoms with van der Waals surface area (Å²) in [6, 6.07) is 20.2.